The number of aromatic nitrogens is 1. The van der Waals surface area contributed by atoms with E-state index in [1.54, 1.807) is 0 Å². The number of hydrogen-bond donors (Lipinski definition) is 2. The number of halogens is 1. The molecule has 2 nitrogen and oxygen atoms in total. The lowest BCUT2D eigenvalue weighted by molar-refractivity contribution is 0.971. The zero-order valence-corrected chi connectivity index (χ0v) is 9.85. The number of benzene rings is 1. The van der Waals surface area contributed by atoms with Gasteiger partial charge in [-0.3, -0.25) is 0 Å². The highest BCUT2D eigenvalue weighted by Crippen LogP contribution is 2.45. The monoisotopic (exact) mass is 234 g/mol. The zero-order valence-electron chi connectivity index (χ0n) is 9.09. The summed E-state index contributed by atoms with van der Waals surface area (Å²) in [6, 6.07) is 6.39. The molecule has 3 N–H and O–H groups in total. The van der Waals surface area contributed by atoms with E-state index in [0.717, 1.165) is 22.3 Å². The molecule has 0 amide bonds. The van der Waals surface area contributed by atoms with Crippen molar-refractivity contribution in [1.29, 1.82) is 0 Å². The lowest BCUT2D eigenvalue weighted by atomic mass is 10.1. The molecular formula is C13H15ClN2. The number of nitrogens with two attached hydrogens (primary N) is 1. The Balaban J connectivity index is 2.11. The van der Waals surface area contributed by atoms with E-state index in [-0.39, 0.29) is 0 Å². The topological polar surface area (TPSA) is 41.8 Å². The van der Waals surface area contributed by atoms with Crippen molar-refractivity contribution in [3.05, 3.63) is 34.5 Å². The number of H-pyrrole nitrogens is 1. The maximum absolute atomic E-state index is 6.40. The fourth-order valence-corrected chi connectivity index (χ4v) is 2.56. The molecule has 16 heavy (non-hydrogen) atoms. The fraction of sp³-hybridized carbons (Fsp3) is 0.385. The van der Waals surface area contributed by atoms with Gasteiger partial charge in [0.25, 0.3) is 0 Å². The first kappa shape index (κ1) is 10.2. The Morgan fingerprint density at radius 2 is 2.19 bits per heavy atom. The summed E-state index contributed by atoms with van der Waals surface area (Å²) >= 11 is 6.40. The van der Waals surface area contributed by atoms with Gasteiger partial charge >= 0.3 is 0 Å². The molecule has 3 rings (SSSR count). The van der Waals surface area contributed by atoms with Crippen molar-refractivity contribution in [3.8, 4) is 0 Å². The molecule has 0 unspecified atom stereocenters. The van der Waals surface area contributed by atoms with Crippen molar-refractivity contribution in [2.75, 3.05) is 6.54 Å². The third-order valence-electron chi connectivity index (χ3n) is 3.24. The maximum atomic E-state index is 6.40. The standard InChI is InChI=1S/C13H15ClN2/c14-12-10-7-8(5-6-15)1-4-11(10)16-13(12)9-2-3-9/h1,4,7,9,16H,2-3,5-6,15H2. The number of aromatic amines is 1. The van der Waals surface area contributed by atoms with Crippen LogP contribution in [0.2, 0.25) is 5.02 Å². The predicted molar refractivity (Wildman–Crippen MR) is 68.0 cm³/mol. The number of fused-ring (bicyclic) bond motifs is 1. The average molecular weight is 235 g/mol. The molecule has 0 bridgehead atoms. The normalized spacial score (nSPS) is 15.9. The Bertz CT molecular complexity index is 526. The van der Waals surface area contributed by atoms with Crippen LogP contribution in [0.5, 0.6) is 0 Å². The van der Waals surface area contributed by atoms with Gasteiger partial charge in [0.1, 0.15) is 0 Å². The smallest absolute Gasteiger partial charge is 0.0694 e. The Labute approximate surface area is 99.8 Å². The largest absolute Gasteiger partial charge is 0.357 e. The van der Waals surface area contributed by atoms with Gasteiger partial charge in [-0.15, -0.1) is 0 Å². The highest BCUT2D eigenvalue weighted by molar-refractivity contribution is 6.36. The second kappa shape index (κ2) is 3.79. The van der Waals surface area contributed by atoms with E-state index in [2.05, 4.69) is 23.2 Å². The Kier molecular flexibility index (Phi) is 2.41. The lowest BCUT2D eigenvalue weighted by Crippen LogP contribution is -2.02. The molecule has 1 aliphatic carbocycles. The Hall–Kier alpha value is -0.990. The van der Waals surface area contributed by atoms with Gasteiger partial charge in [-0.1, -0.05) is 17.7 Å². The minimum Gasteiger partial charge on any atom is -0.357 e. The summed E-state index contributed by atoms with van der Waals surface area (Å²) in [4.78, 5) is 3.43. The van der Waals surface area contributed by atoms with Gasteiger partial charge in [-0.2, -0.15) is 0 Å². The van der Waals surface area contributed by atoms with Gasteiger partial charge in [0.2, 0.25) is 0 Å². The van der Waals surface area contributed by atoms with Crippen LogP contribution in [0, 0.1) is 0 Å². The number of rotatable bonds is 3. The molecule has 1 aromatic carbocycles. The third kappa shape index (κ3) is 1.62. The minimum atomic E-state index is 0.665. The van der Waals surface area contributed by atoms with Crippen molar-refractivity contribution < 1.29 is 0 Å². The highest BCUT2D eigenvalue weighted by Gasteiger charge is 2.28. The lowest BCUT2D eigenvalue weighted by Gasteiger charge is -1.98. The van der Waals surface area contributed by atoms with Crippen LogP contribution in [-0.2, 0) is 6.42 Å². The first-order valence-corrected chi connectivity index (χ1v) is 6.17. The van der Waals surface area contributed by atoms with Crippen LogP contribution in [0.25, 0.3) is 10.9 Å². The molecule has 0 atom stereocenters. The van der Waals surface area contributed by atoms with Crippen molar-refractivity contribution in [2.45, 2.75) is 25.2 Å². The van der Waals surface area contributed by atoms with Crippen LogP contribution in [0.4, 0.5) is 0 Å². The van der Waals surface area contributed by atoms with E-state index < -0.39 is 0 Å². The van der Waals surface area contributed by atoms with Gasteiger partial charge < -0.3 is 10.7 Å². The molecule has 3 heteroatoms. The minimum absolute atomic E-state index is 0.665. The molecule has 1 aromatic heterocycles. The summed E-state index contributed by atoms with van der Waals surface area (Å²) < 4.78 is 0. The van der Waals surface area contributed by atoms with E-state index >= 15 is 0 Å². The van der Waals surface area contributed by atoms with Gasteiger partial charge in [0, 0.05) is 22.5 Å². The highest BCUT2D eigenvalue weighted by atomic mass is 35.5. The van der Waals surface area contributed by atoms with Crippen LogP contribution >= 0.6 is 11.6 Å². The summed E-state index contributed by atoms with van der Waals surface area (Å²) in [5, 5.41) is 2.06. The van der Waals surface area contributed by atoms with Crippen LogP contribution in [0.15, 0.2) is 18.2 Å². The molecule has 1 saturated carbocycles. The molecule has 1 heterocycles. The first-order valence-electron chi connectivity index (χ1n) is 5.79. The van der Waals surface area contributed by atoms with E-state index in [1.165, 1.54) is 24.1 Å². The predicted octanol–water partition coefficient (Wildman–Crippen LogP) is 3.20. The second-order valence-corrected chi connectivity index (χ2v) is 4.92. The summed E-state index contributed by atoms with van der Waals surface area (Å²) in [5.74, 6) is 0.665. The Morgan fingerprint density at radius 3 is 2.88 bits per heavy atom. The summed E-state index contributed by atoms with van der Waals surface area (Å²) in [7, 11) is 0. The Morgan fingerprint density at radius 1 is 1.38 bits per heavy atom. The molecule has 0 spiro atoms. The quantitative estimate of drug-likeness (QED) is 0.842. The third-order valence-corrected chi connectivity index (χ3v) is 3.65. The molecule has 0 saturated heterocycles. The zero-order chi connectivity index (χ0) is 11.1. The van der Waals surface area contributed by atoms with Gasteiger partial charge in [0.15, 0.2) is 0 Å². The van der Waals surface area contributed by atoms with Crippen LogP contribution in [-0.4, -0.2) is 11.5 Å². The molecule has 0 radical (unpaired) electrons. The van der Waals surface area contributed by atoms with Crippen molar-refractivity contribution >= 4 is 22.5 Å². The fourth-order valence-electron chi connectivity index (χ4n) is 2.20. The summed E-state index contributed by atoms with van der Waals surface area (Å²) in [6.45, 7) is 0.684. The van der Waals surface area contributed by atoms with Gasteiger partial charge in [0.05, 0.1) is 5.02 Å². The number of hydrogen-bond acceptors (Lipinski definition) is 1. The molecular weight excluding hydrogens is 220 g/mol. The van der Waals surface area contributed by atoms with E-state index in [1.807, 2.05) is 0 Å². The SMILES string of the molecule is NCCc1ccc2[nH]c(C3CC3)c(Cl)c2c1. The maximum Gasteiger partial charge on any atom is 0.0694 e. The number of nitrogens with one attached hydrogen (secondary N) is 1. The van der Waals surface area contributed by atoms with E-state index in [0.29, 0.717) is 12.5 Å². The van der Waals surface area contributed by atoms with Crippen LogP contribution in [0.3, 0.4) is 0 Å². The summed E-state index contributed by atoms with van der Waals surface area (Å²) in [6.07, 6.45) is 3.45. The van der Waals surface area contributed by atoms with Gasteiger partial charge in [-0.25, -0.2) is 0 Å². The first-order chi connectivity index (χ1) is 7.79. The second-order valence-electron chi connectivity index (χ2n) is 4.55. The van der Waals surface area contributed by atoms with E-state index in [9.17, 15) is 0 Å². The molecule has 1 aliphatic rings. The van der Waals surface area contributed by atoms with Crippen molar-refractivity contribution in [1.82, 2.24) is 4.98 Å². The molecule has 1 fully saturated rings. The summed E-state index contributed by atoms with van der Waals surface area (Å²) in [5.41, 5.74) is 9.20. The van der Waals surface area contributed by atoms with Crippen molar-refractivity contribution in [3.63, 3.8) is 0 Å². The molecule has 84 valence electrons. The van der Waals surface area contributed by atoms with Gasteiger partial charge in [-0.05, 0) is 43.5 Å². The molecule has 0 aliphatic heterocycles. The van der Waals surface area contributed by atoms with Crippen molar-refractivity contribution in [2.24, 2.45) is 5.73 Å². The average Bonchev–Trinajstić information content (AvgIpc) is 3.07. The van der Waals surface area contributed by atoms with Crippen LogP contribution in [0.1, 0.15) is 30.0 Å². The van der Waals surface area contributed by atoms with E-state index in [4.69, 9.17) is 17.3 Å². The van der Waals surface area contributed by atoms with Crippen LogP contribution < -0.4 is 5.73 Å². The molecule has 2 aromatic rings.